The predicted molar refractivity (Wildman–Crippen MR) is 64.7 cm³/mol. The van der Waals surface area contributed by atoms with Gasteiger partial charge < -0.3 is 9.11 Å². The Morgan fingerprint density at radius 2 is 1.00 bits per heavy atom. The number of hydrogen-bond acceptors (Lipinski definition) is 6. The average molecular weight is 299 g/mol. The van der Waals surface area contributed by atoms with Gasteiger partial charge in [-0.05, 0) is 26.7 Å². The molecule has 0 saturated carbocycles. The van der Waals surface area contributed by atoms with Crippen molar-refractivity contribution in [2.75, 3.05) is 0 Å². The summed E-state index contributed by atoms with van der Waals surface area (Å²) in [7, 11) is -8.01. The van der Waals surface area contributed by atoms with E-state index in [1.54, 1.807) is 13.8 Å². The van der Waals surface area contributed by atoms with Crippen molar-refractivity contribution in [2.45, 2.75) is 51.0 Å². The van der Waals surface area contributed by atoms with E-state index in [4.69, 9.17) is 0 Å². The minimum absolute atomic E-state index is 0. The van der Waals surface area contributed by atoms with Gasteiger partial charge in [-0.2, -0.15) is 0 Å². The quantitative estimate of drug-likeness (QED) is 0.544. The van der Waals surface area contributed by atoms with Gasteiger partial charge in [0.05, 0.1) is 20.2 Å². The van der Waals surface area contributed by atoms with Crippen LogP contribution in [0.2, 0.25) is 0 Å². The summed E-state index contributed by atoms with van der Waals surface area (Å²) >= 11 is 0. The van der Waals surface area contributed by atoms with E-state index >= 15 is 0 Å². The zero-order valence-electron chi connectivity index (χ0n) is 10.5. The van der Waals surface area contributed by atoms with Crippen molar-refractivity contribution in [1.29, 1.82) is 0 Å². The van der Waals surface area contributed by atoms with E-state index in [0.717, 1.165) is 0 Å². The molecule has 0 bridgehead atoms. The van der Waals surface area contributed by atoms with Crippen LogP contribution in [0.5, 0.6) is 0 Å². The number of hydrogen-bond donors (Lipinski definition) is 0. The van der Waals surface area contributed by atoms with E-state index < -0.39 is 30.7 Å². The van der Waals surface area contributed by atoms with Gasteiger partial charge in [-0.25, -0.2) is 16.8 Å². The molecule has 0 aliphatic carbocycles. The molecule has 0 spiro atoms. The normalized spacial score (nSPS) is 14.9. The zero-order chi connectivity index (χ0) is 13.6. The van der Waals surface area contributed by atoms with Crippen molar-refractivity contribution in [3.05, 3.63) is 0 Å². The minimum atomic E-state index is -4.00. The van der Waals surface area contributed by atoms with E-state index in [1.807, 2.05) is 0 Å². The largest absolute Gasteiger partial charge is 2.00 e. The van der Waals surface area contributed by atoms with Gasteiger partial charge in [0.25, 0.3) is 0 Å². The summed E-state index contributed by atoms with van der Waals surface area (Å²) < 4.78 is 60.0. The average Bonchev–Trinajstić information content (AvgIpc) is 2.13. The summed E-state index contributed by atoms with van der Waals surface area (Å²) in [4.78, 5) is 0. The summed E-state index contributed by atoms with van der Waals surface area (Å²) in [5.41, 5.74) is 0. The van der Waals surface area contributed by atoms with Gasteiger partial charge in [0.15, 0.2) is 0 Å². The summed E-state index contributed by atoms with van der Waals surface area (Å²) in [6, 6.07) is 0. The molecule has 0 heterocycles. The molecule has 0 saturated heterocycles. The van der Waals surface area contributed by atoms with Gasteiger partial charge in [-0.1, -0.05) is 13.8 Å². The van der Waals surface area contributed by atoms with E-state index in [9.17, 15) is 25.9 Å². The molecule has 0 amide bonds. The summed E-state index contributed by atoms with van der Waals surface area (Å²) in [5, 5.41) is -1.47. The fourth-order valence-corrected chi connectivity index (χ4v) is 1.22. The van der Waals surface area contributed by atoms with Crippen molar-refractivity contribution in [3.8, 4) is 0 Å². The summed E-state index contributed by atoms with van der Waals surface area (Å²) in [5.74, 6) is 0. The van der Waals surface area contributed by atoms with Crippen LogP contribution in [-0.2, 0) is 20.2 Å². The molecule has 6 nitrogen and oxygen atoms in total. The fraction of sp³-hybridized carbons (Fsp3) is 1.00. The molecule has 9 heteroatoms. The second-order valence-corrected chi connectivity index (χ2v) is 7.00. The Kier molecular flexibility index (Phi) is 12.7. The van der Waals surface area contributed by atoms with Gasteiger partial charge in [-0.15, -0.1) is 0 Å². The van der Waals surface area contributed by atoms with Crippen LogP contribution in [0.25, 0.3) is 0 Å². The molecule has 0 aromatic carbocycles. The van der Waals surface area contributed by atoms with Gasteiger partial charge in [0.1, 0.15) is 0 Å². The monoisotopic (exact) mass is 298 g/mol. The van der Waals surface area contributed by atoms with Crippen LogP contribution >= 0.6 is 0 Å². The third kappa shape index (κ3) is 12.8. The first-order valence-electron chi connectivity index (χ1n) is 4.86. The molecule has 2 atom stereocenters. The topological polar surface area (TPSA) is 114 Å². The Bertz CT molecular complexity index is 337. The Morgan fingerprint density at radius 1 is 0.824 bits per heavy atom. The van der Waals surface area contributed by atoms with Crippen molar-refractivity contribution >= 4 is 43.3 Å². The molecule has 0 aromatic heterocycles. The van der Waals surface area contributed by atoms with Crippen LogP contribution in [-0.4, -0.2) is 59.5 Å². The molecule has 17 heavy (non-hydrogen) atoms. The maximum atomic E-state index is 10.0. The van der Waals surface area contributed by atoms with E-state index in [1.165, 1.54) is 13.8 Å². The first-order valence-corrected chi connectivity index (χ1v) is 7.80. The molecule has 0 radical (unpaired) electrons. The molecule has 2 unspecified atom stereocenters. The van der Waals surface area contributed by atoms with Crippen LogP contribution in [0.4, 0.5) is 0 Å². The molecular formula is C8H18MgO6S2. The van der Waals surface area contributed by atoms with Crippen LogP contribution in [0.1, 0.15) is 40.5 Å². The molecular weight excluding hydrogens is 281 g/mol. The van der Waals surface area contributed by atoms with Crippen LogP contribution in [0.3, 0.4) is 0 Å². The molecule has 0 N–H and O–H groups in total. The molecule has 0 aliphatic heterocycles. The van der Waals surface area contributed by atoms with Gasteiger partial charge in [0.2, 0.25) is 0 Å². The van der Waals surface area contributed by atoms with Crippen molar-refractivity contribution in [2.24, 2.45) is 0 Å². The molecule has 0 rings (SSSR count). The second kappa shape index (κ2) is 9.51. The Morgan fingerprint density at radius 3 is 1.00 bits per heavy atom. The third-order valence-corrected chi connectivity index (χ3v) is 4.77. The van der Waals surface area contributed by atoms with E-state index in [0.29, 0.717) is 12.8 Å². The number of rotatable bonds is 4. The SMILES string of the molecule is CCC(C)S(=O)(=O)[O-].CCC(C)S(=O)(=O)[O-].[Mg+2]. The van der Waals surface area contributed by atoms with E-state index in [2.05, 4.69) is 0 Å². The molecule has 0 fully saturated rings. The van der Waals surface area contributed by atoms with Gasteiger partial charge in [-0.3, -0.25) is 0 Å². The van der Waals surface area contributed by atoms with Gasteiger partial charge >= 0.3 is 23.1 Å². The first-order chi connectivity index (χ1) is 6.96. The predicted octanol–water partition coefficient (Wildman–Crippen LogP) is 0.279. The van der Waals surface area contributed by atoms with Crippen molar-refractivity contribution in [1.82, 2.24) is 0 Å². The van der Waals surface area contributed by atoms with Gasteiger partial charge in [0, 0.05) is 10.5 Å². The molecule has 0 aromatic rings. The third-order valence-electron chi connectivity index (χ3n) is 2.14. The minimum Gasteiger partial charge on any atom is -0.748 e. The van der Waals surface area contributed by atoms with Crippen molar-refractivity contribution in [3.63, 3.8) is 0 Å². The maximum absolute atomic E-state index is 10.0. The smallest absolute Gasteiger partial charge is 0.748 e. The second-order valence-electron chi connectivity index (χ2n) is 3.42. The summed E-state index contributed by atoms with van der Waals surface area (Å²) in [6.45, 7) is 6.14. The summed E-state index contributed by atoms with van der Waals surface area (Å²) in [6.07, 6.45) is 0.789. The molecule has 100 valence electrons. The standard InChI is InChI=1S/2C4H10O3S.Mg/c2*1-3-4(2)8(5,6)7;/h2*4H,3H2,1-2H3,(H,5,6,7);/q;;+2/p-2. The van der Waals surface area contributed by atoms with Crippen LogP contribution in [0, 0.1) is 0 Å². The van der Waals surface area contributed by atoms with Crippen LogP contribution in [0.15, 0.2) is 0 Å². The fourth-order valence-electron chi connectivity index (χ4n) is 0.408. The molecule has 0 aliphatic rings. The maximum Gasteiger partial charge on any atom is 2.00 e. The van der Waals surface area contributed by atoms with E-state index in [-0.39, 0.29) is 23.1 Å². The Hall–Kier alpha value is 0.586. The van der Waals surface area contributed by atoms with Crippen molar-refractivity contribution < 1.29 is 25.9 Å². The first kappa shape index (κ1) is 22.7. The zero-order valence-corrected chi connectivity index (χ0v) is 13.6. The Labute approximate surface area is 120 Å². The Balaban J connectivity index is -0.000000218. The van der Waals surface area contributed by atoms with Crippen LogP contribution < -0.4 is 0 Å².